The van der Waals surface area contributed by atoms with Gasteiger partial charge in [-0.05, 0) is 0 Å². The van der Waals surface area contributed by atoms with Gasteiger partial charge in [0.25, 0.3) is 0 Å². The van der Waals surface area contributed by atoms with E-state index in [1.54, 1.807) is 8.89 Å². The molecule has 0 unspecified atom stereocenters. The molecule has 2 aromatic heterocycles. The molecule has 3 fully saturated rings. The van der Waals surface area contributed by atoms with E-state index in [1.807, 2.05) is 11.3 Å². The molecule has 3 aliphatic carbocycles. The monoisotopic (exact) mass is 811 g/mol. The molecular formula is C46H66N2PRuS. The quantitative estimate of drug-likeness (QED) is 0.130. The van der Waals surface area contributed by atoms with E-state index in [-0.39, 0.29) is 0 Å². The maximum atomic E-state index is 3.05. The average Bonchev–Trinajstić information content (AvgIpc) is 3.71. The Morgan fingerprint density at radius 2 is 0.941 bits per heavy atom. The number of hydrogen-bond donors (Lipinski definition) is 0. The van der Waals surface area contributed by atoms with Gasteiger partial charge in [0.2, 0.25) is 0 Å². The van der Waals surface area contributed by atoms with Crippen LogP contribution in [-0.2, 0) is 14.6 Å². The summed E-state index contributed by atoms with van der Waals surface area (Å²) >= 11 is 0.106. The van der Waals surface area contributed by atoms with Crippen molar-refractivity contribution in [2.75, 3.05) is 0 Å². The molecule has 0 amide bonds. The van der Waals surface area contributed by atoms with E-state index < -0.39 is 20.2 Å². The first-order valence-corrected chi connectivity index (χ1v) is 27.9. The van der Waals surface area contributed by atoms with E-state index in [1.165, 1.54) is 152 Å². The van der Waals surface area contributed by atoms with Crippen LogP contribution in [-0.4, -0.2) is 30.7 Å². The fourth-order valence-electron chi connectivity index (χ4n) is 11.2. The van der Waals surface area contributed by atoms with Crippen molar-refractivity contribution in [1.29, 1.82) is 0 Å². The molecule has 0 aliphatic heterocycles. The van der Waals surface area contributed by atoms with Crippen molar-refractivity contribution in [2.24, 2.45) is 0 Å². The van der Waals surface area contributed by atoms with Gasteiger partial charge in [-0.25, -0.2) is 0 Å². The van der Waals surface area contributed by atoms with E-state index in [2.05, 4.69) is 111 Å². The first-order chi connectivity index (χ1) is 24.6. The first-order valence-electron chi connectivity index (χ1n) is 20.5. The fraction of sp³-hybridized carbons (Fsp3) is 0.565. The number of imidazole rings is 1. The Labute approximate surface area is 318 Å². The molecule has 0 N–H and O–H groups in total. The molecule has 2 heterocycles. The Balaban J connectivity index is 1.78. The number of nitrogens with zero attached hydrogens (tertiary/aromatic N) is 2. The number of aryl methyl sites for hydroxylation is 6. The summed E-state index contributed by atoms with van der Waals surface area (Å²) in [5.74, 6) is 0. The van der Waals surface area contributed by atoms with Crippen molar-refractivity contribution in [3.8, 4) is 11.4 Å². The zero-order chi connectivity index (χ0) is 35.9. The molecule has 2 aromatic carbocycles. The number of hydrogen-bond acceptors (Lipinski definition) is 1. The molecule has 7 rings (SSSR count). The van der Waals surface area contributed by atoms with Crippen LogP contribution < -0.4 is 0 Å². The van der Waals surface area contributed by atoms with E-state index >= 15 is 0 Å². The Bertz CT molecular complexity index is 1810. The number of aromatic nitrogens is 2. The van der Waals surface area contributed by atoms with Crippen LogP contribution in [0.2, 0.25) is 0 Å². The average molecular weight is 811 g/mol. The van der Waals surface area contributed by atoms with Crippen molar-refractivity contribution in [1.82, 2.24) is 9.13 Å². The summed E-state index contributed by atoms with van der Waals surface area (Å²) in [6.07, 6.45) is 22.2. The van der Waals surface area contributed by atoms with Crippen LogP contribution in [0.4, 0.5) is 0 Å². The molecule has 0 saturated heterocycles. The molecule has 51 heavy (non-hydrogen) atoms. The predicted octanol–water partition coefficient (Wildman–Crippen LogP) is 13.5. The Hall–Kier alpha value is -1.73. The van der Waals surface area contributed by atoms with Crippen molar-refractivity contribution in [3.05, 3.63) is 95.4 Å². The second-order valence-corrected chi connectivity index (χ2v) is 31.3. The van der Waals surface area contributed by atoms with E-state index in [0.29, 0.717) is 0 Å². The predicted molar refractivity (Wildman–Crippen MR) is 225 cm³/mol. The van der Waals surface area contributed by atoms with Crippen LogP contribution in [0.25, 0.3) is 11.4 Å². The van der Waals surface area contributed by atoms with Crippen LogP contribution in [0.5, 0.6) is 0 Å². The zero-order valence-corrected chi connectivity index (χ0v) is 36.7. The van der Waals surface area contributed by atoms with Crippen LogP contribution in [0.3, 0.4) is 0 Å². The summed E-state index contributed by atoms with van der Waals surface area (Å²) in [5, 5.41) is 2.36. The minimum absolute atomic E-state index is 0.963. The molecule has 0 atom stereocenters. The Morgan fingerprint density at radius 1 is 0.569 bits per heavy atom. The van der Waals surface area contributed by atoms with Crippen molar-refractivity contribution in [3.63, 3.8) is 0 Å². The van der Waals surface area contributed by atoms with Gasteiger partial charge in [-0.1, -0.05) is 0 Å². The zero-order valence-electron chi connectivity index (χ0n) is 33.1. The van der Waals surface area contributed by atoms with Crippen LogP contribution in [0, 0.1) is 59.4 Å². The van der Waals surface area contributed by atoms with Gasteiger partial charge in [0, 0.05) is 0 Å². The topological polar surface area (TPSA) is 9.86 Å². The summed E-state index contributed by atoms with van der Waals surface area (Å²) < 4.78 is 10.6. The third-order valence-corrected chi connectivity index (χ3v) is 35.9. The van der Waals surface area contributed by atoms with Gasteiger partial charge >= 0.3 is 321 Å². The van der Waals surface area contributed by atoms with Crippen LogP contribution in [0.15, 0.2) is 41.8 Å². The summed E-state index contributed by atoms with van der Waals surface area (Å²) in [7, 11) is 0. The third-order valence-electron chi connectivity index (χ3n) is 13.2. The second kappa shape index (κ2) is 15.9. The summed E-state index contributed by atoms with van der Waals surface area (Å²) in [5.41, 5.74) is 15.2. The Kier molecular flexibility index (Phi) is 11.7. The molecule has 2 nitrogen and oxygen atoms in total. The molecule has 4 aromatic rings. The molecular weight excluding hydrogens is 745 g/mol. The maximum absolute atomic E-state index is 3.05. The SMILES string of the molecule is Cc1cc(C)c(-n2c(C)c(C)n(-c3c(C)cc(C)cc3C)[c]2=[Ru](=[CH]/c2cccs2)/[PH](C2CCCCC2)(C2CCCCC2)C2CCCCC2)c(C)c1. The number of benzene rings is 2. The fourth-order valence-corrected chi connectivity index (χ4v) is 39.3. The number of thiophene rings is 1. The van der Waals surface area contributed by atoms with Gasteiger partial charge in [-0.2, -0.15) is 0 Å². The Morgan fingerprint density at radius 3 is 1.27 bits per heavy atom. The van der Waals surface area contributed by atoms with E-state index in [0.717, 1.165) is 17.0 Å². The van der Waals surface area contributed by atoms with Crippen LogP contribution in [0.1, 0.15) is 146 Å². The van der Waals surface area contributed by atoms with E-state index in [4.69, 9.17) is 0 Å². The first kappa shape index (κ1) is 37.6. The molecule has 0 bridgehead atoms. The van der Waals surface area contributed by atoms with Gasteiger partial charge in [0.05, 0.1) is 0 Å². The second-order valence-electron chi connectivity index (χ2n) is 16.8. The standard InChI is InChI=1S/C23H28N2.C18H33P.C5H4S.Ru/c1-14-9-16(3)22(17(4)10-14)24-13-25(21(8)20(24)7)23-18(5)11-15(2)12-19(23)6;1-4-10-16(11-5-1)19(17-12-6-2-7-13-17)18-14-8-3-9-15-18;1-5-3-2-4-6-5;/h9-12H,1-8H3;16-18H,1-15H2;1-4H;/q;;;-1/p+1. The summed E-state index contributed by atoms with van der Waals surface area (Å²) in [6.45, 7) is 19.1. The number of rotatable bonds is 7. The van der Waals surface area contributed by atoms with Gasteiger partial charge in [0.15, 0.2) is 0 Å². The minimum atomic E-state index is -2.00. The molecule has 279 valence electrons. The normalized spacial score (nSPS) is 19.5. The summed E-state index contributed by atoms with van der Waals surface area (Å²) in [4.78, 5) is 1.55. The van der Waals surface area contributed by atoms with E-state index in [9.17, 15) is 0 Å². The molecule has 5 heteroatoms. The molecule has 0 spiro atoms. The van der Waals surface area contributed by atoms with Crippen molar-refractivity contribution in [2.45, 2.75) is 169 Å². The van der Waals surface area contributed by atoms with Crippen molar-refractivity contribution < 1.29 is 14.6 Å². The van der Waals surface area contributed by atoms with Gasteiger partial charge in [-0.15, -0.1) is 0 Å². The van der Waals surface area contributed by atoms with Gasteiger partial charge in [-0.3, -0.25) is 0 Å². The van der Waals surface area contributed by atoms with Gasteiger partial charge < -0.3 is 0 Å². The molecule has 3 aliphatic rings. The summed E-state index contributed by atoms with van der Waals surface area (Å²) in [6, 6.07) is 14.7. The molecule has 0 radical (unpaired) electrons. The third kappa shape index (κ3) is 7.03. The van der Waals surface area contributed by atoms with Crippen LogP contribution >= 0.6 is 16.9 Å². The molecule has 3 saturated carbocycles. The van der Waals surface area contributed by atoms with Crippen molar-refractivity contribution >= 4 is 21.5 Å². The van der Waals surface area contributed by atoms with Gasteiger partial charge in [0.1, 0.15) is 0 Å².